The first-order valence-electron chi connectivity index (χ1n) is 6.49. The molecule has 4 heteroatoms. The molecule has 0 unspecified atom stereocenters. The summed E-state index contributed by atoms with van der Waals surface area (Å²) in [5, 5.41) is 8.58. The molecule has 0 aliphatic rings. The SMILES string of the molecule is COC(C)(C)CCOCc1ccc(C#CCO)cc1F. The van der Waals surface area contributed by atoms with E-state index >= 15 is 0 Å². The third kappa shape index (κ3) is 5.70. The van der Waals surface area contributed by atoms with Crippen LogP contribution in [0.1, 0.15) is 31.4 Å². The summed E-state index contributed by atoms with van der Waals surface area (Å²) >= 11 is 0. The second kappa shape index (κ2) is 8.01. The van der Waals surface area contributed by atoms with E-state index < -0.39 is 0 Å². The lowest BCUT2D eigenvalue weighted by Gasteiger charge is -2.22. The largest absolute Gasteiger partial charge is 0.384 e. The number of benzene rings is 1. The molecule has 3 nitrogen and oxygen atoms in total. The number of rotatable bonds is 6. The molecular formula is C16H21FO3. The Labute approximate surface area is 119 Å². The van der Waals surface area contributed by atoms with Crippen LogP contribution in [0.15, 0.2) is 18.2 Å². The van der Waals surface area contributed by atoms with Gasteiger partial charge in [-0.1, -0.05) is 17.9 Å². The molecule has 0 aliphatic heterocycles. The molecule has 0 atom stereocenters. The fourth-order valence-electron chi connectivity index (χ4n) is 1.49. The minimum atomic E-state index is -0.347. The van der Waals surface area contributed by atoms with Gasteiger partial charge in [-0.25, -0.2) is 4.39 Å². The number of aliphatic hydroxyl groups is 1. The quantitative estimate of drug-likeness (QED) is 0.643. The van der Waals surface area contributed by atoms with E-state index in [1.807, 2.05) is 13.8 Å². The zero-order chi connectivity index (χ0) is 15.0. The zero-order valence-corrected chi connectivity index (χ0v) is 12.2. The summed E-state index contributed by atoms with van der Waals surface area (Å²) in [6.45, 7) is 4.45. The molecule has 0 saturated carbocycles. The smallest absolute Gasteiger partial charge is 0.129 e. The normalized spacial score (nSPS) is 11.1. The van der Waals surface area contributed by atoms with Crippen molar-refractivity contribution in [2.24, 2.45) is 0 Å². The van der Waals surface area contributed by atoms with Crippen molar-refractivity contribution in [1.82, 2.24) is 0 Å². The molecular weight excluding hydrogens is 259 g/mol. The summed E-state index contributed by atoms with van der Waals surface area (Å²) < 4.78 is 24.5. The van der Waals surface area contributed by atoms with Crippen LogP contribution in [0.25, 0.3) is 0 Å². The molecule has 0 aromatic heterocycles. The zero-order valence-electron chi connectivity index (χ0n) is 12.2. The summed E-state index contributed by atoms with van der Waals surface area (Å²) in [5.41, 5.74) is 0.804. The van der Waals surface area contributed by atoms with Gasteiger partial charge in [0.05, 0.1) is 12.2 Å². The number of ether oxygens (including phenoxy) is 2. The molecule has 0 fully saturated rings. The van der Waals surface area contributed by atoms with Gasteiger partial charge in [0, 0.05) is 24.8 Å². The van der Waals surface area contributed by atoms with Crippen molar-refractivity contribution in [3.63, 3.8) is 0 Å². The van der Waals surface area contributed by atoms with Crippen molar-refractivity contribution >= 4 is 0 Å². The van der Waals surface area contributed by atoms with Gasteiger partial charge in [0.25, 0.3) is 0 Å². The monoisotopic (exact) mass is 280 g/mol. The van der Waals surface area contributed by atoms with Crippen LogP contribution in [0, 0.1) is 17.7 Å². The van der Waals surface area contributed by atoms with Crippen LogP contribution in [-0.4, -0.2) is 31.0 Å². The molecule has 1 N–H and O–H groups in total. The van der Waals surface area contributed by atoms with E-state index in [-0.39, 0.29) is 24.6 Å². The molecule has 0 aliphatic carbocycles. The van der Waals surface area contributed by atoms with Crippen LogP contribution in [0.2, 0.25) is 0 Å². The van der Waals surface area contributed by atoms with Crippen molar-refractivity contribution < 1.29 is 19.0 Å². The first-order chi connectivity index (χ1) is 9.48. The number of halogens is 1. The molecule has 110 valence electrons. The molecule has 1 aromatic carbocycles. The van der Waals surface area contributed by atoms with Gasteiger partial charge in [-0.3, -0.25) is 0 Å². The first kappa shape index (κ1) is 16.6. The van der Waals surface area contributed by atoms with Crippen molar-refractivity contribution in [2.75, 3.05) is 20.3 Å². The Balaban J connectivity index is 2.49. The molecule has 0 saturated heterocycles. The predicted octanol–water partition coefficient (Wildman–Crippen LogP) is 2.50. The van der Waals surface area contributed by atoms with Gasteiger partial charge in [-0.15, -0.1) is 0 Å². The Morgan fingerprint density at radius 3 is 2.70 bits per heavy atom. The van der Waals surface area contributed by atoms with Gasteiger partial charge in [0.1, 0.15) is 12.4 Å². The second-order valence-corrected chi connectivity index (χ2v) is 5.03. The maximum Gasteiger partial charge on any atom is 0.129 e. The van der Waals surface area contributed by atoms with Crippen LogP contribution in [0.3, 0.4) is 0 Å². The maximum absolute atomic E-state index is 13.8. The van der Waals surface area contributed by atoms with E-state index in [2.05, 4.69) is 11.8 Å². The first-order valence-corrected chi connectivity index (χ1v) is 6.49. The highest BCUT2D eigenvalue weighted by Gasteiger charge is 2.15. The van der Waals surface area contributed by atoms with Gasteiger partial charge >= 0.3 is 0 Å². The standard InChI is InChI=1S/C16H21FO3/c1-16(2,19-3)8-10-20-12-14-7-6-13(5-4-9-18)11-15(14)17/h6-7,11,18H,8-10,12H2,1-3H3. The van der Waals surface area contributed by atoms with Crippen molar-refractivity contribution in [3.05, 3.63) is 35.1 Å². The Morgan fingerprint density at radius 1 is 1.35 bits per heavy atom. The Morgan fingerprint density at radius 2 is 2.10 bits per heavy atom. The van der Waals surface area contributed by atoms with Crippen LogP contribution in [-0.2, 0) is 16.1 Å². The van der Waals surface area contributed by atoms with Crippen LogP contribution in [0.4, 0.5) is 4.39 Å². The molecule has 1 aromatic rings. The molecule has 20 heavy (non-hydrogen) atoms. The topological polar surface area (TPSA) is 38.7 Å². The third-order valence-corrected chi connectivity index (χ3v) is 3.02. The summed E-state index contributed by atoms with van der Waals surface area (Å²) in [7, 11) is 1.66. The highest BCUT2D eigenvalue weighted by Crippen LogP contribution is 2.15. The fourth-order valence-corrected chi connectivity index (χ4v) is 1.49. The third-order valence-electron chi connectivity index (χ3n) is 3.02. The highest BCUT2D eigenvalue weighted by molar-refractivity contribution is 5.36. The number of hydrogen-bond donors (Lipinski definition) is 1. The number of aliphatic hydroxyl groups excluding tert-OH is 1. The molecule has 0 amide bonds. The van der Waals surface area contributed by atoms with E-state index in [0.29, 0.717) is 17.7 Å². The molecule has 0 bridgehead atoms. The van der Waals surface area contributed by atoms with Gasteiger partial charge in [0.2, 0.25) is 0 Å². The lowest BCUT2D eigenvalue weighted by molar-refractivity contribution is -0.0127. The van der Waals surface area contributed by atoms with E-state index in [1.165, 1.54) is 6.07 Å². The van der Waals surface area contributed by atoms with Crippen molar-refractivity contribution in [3.8, 4) is 11.8 Å². The lowest BCUT2D eigenvalue weighted by Crippen LogP contribution is -2.24. The molecule has 0 heterocycles. The summed E-state index contributed by atoms with van der Waals surface area (Å²) in [6.07, 6.45) is 0.741. The van der Waals surface area contributed by atoms with E-state index in [9.17, 15) is 4.39 Å². The fraction of sp³-hybridized carbons (Fsp3) is 0.500. The Hall–Kier alpha value is -1.41. The van der Waals surface area contributed by atoms with Gasteiger partial charge in [-0.05, 0) is 32.4 Å². The van der Waals surface area contributed by atoms with Crippen molar-refractivity contribution in [1.29, 1.82) is 0 Å². The van der Waals surface area contributed by atoms with Crippen LogP contribution < -0.4 is 0 Å². The maximum atomic E-state index is 13.8. The predicted molar refractivity (Wildman–Crippen MR) is 75.7 cm³/mol. The molecule has 0 radical (unpaired) electrons. The summed E-state index contributed by atoms with van der Waals surface area (Å²) in [4.78, 5) is 0. The lowest BCUT2D eigenvalue weighted by atomic mass is 10.1. The van der Waals surface area contributed by atoms with Crippen LogP contribution in [0.5, 0.6) is 0 Å². The van der Waals surface area contributed by atoms with Gasteiger partial charge < -0.3 is 14.6 Å². The molecule has 0 spiro atoms. The molecule has 1 rings (SSSR count). The summed E-state index contributed by atoms with van der Waals surface area (Å²) in [5.74, 6) is 4.79. The van der Waals surface area contributed by atoms with Crippen molar-refractivity contribution in [2.45, 2.75) is 32.5 Å². The average Bonchev–Trinajstić information content (AvgIpc) is 2.43. The number of hydrogen-bond acceptors (Lipinski definition) is 3. The van der Waals surface area contributed by atoms with Crippen LogP contribution >= 0.6 is 0 Å². The van der Waals surface area contributed by atoms with E-state index in [4.69, 9.17) is 14.6 Å². The minimum Gasteiger partial charge on any atom is -0.384 e. The highest BCUT2D eigenvalue weighted by atomic mass is 19.1. The Kier molecular flexibility index (Phi) is 6.66. The van der Waals surface area contributed by atoms with E-state index in [1.54, 1.807) is 19.2 Å². The Bertz CT molecular complexity index is 486. The van der Waals surface area contributed by atoms with Gasteiger partial charge in [-0.2, -0.15) is 0 Å². The second-order valence-electron chi connectivity index (χ2n) is 5.03. The van der Waals surface area contributed by atoms with E-state index in [0.717, 1.165) is 6.42 Å². The number of methoxy groups -OCH3 is 1. The summed E-state index contributed by atoms with van der Waals surface area (Å²) in [6, 6.07) is 4.71. The average molecular weight is 280 g/mol. The minimum absolute atomic E-state index is 0.222. The van der Waals surface area contributed by atoms with Gasteiger partial charge in [0.15, 0.2) is 0 Å².